The highest BCUT2D eigenvalue weighted by Crippen LogP contribution is 2.32. The maximum Gasteiger partial charge on any atom is 0.152 e. The van der Waals surface area contributed by atoms with Gasteiger partial charge in [0.05, 0.1) is 16.1 Å². The zero-order valence-electron chi connectivity index (χ0n) is 6.10. The molecule has 1 aromatic carbocycles. The smallest absolute Gasteiger partial charge is 0.152 e. The first-order chi connectivity index (χ1) is 5.25. The molecule has 0 saturated heterocycles. The normalized spacial score (nSPS) is 9.73. The van der Waals surface area contributed by atoms with Gasteiger partial charge in [0.25, 0.3) is 0 Å². The third kappa shape index (κ3) is 2.11. The van der Waals surface area contributed by atoms with Gasteiger partial charge in [-0.2, -0.15) is 0 Å². The number of hydrogen-bond acceptors (Lipinski definition) is 1. The lowest BCUT2D eigenvalue weighted by molar-refractivity contribution is 0.338. The first-order valence-corrected chi connectivity index (χ1v) is 4.49. The summed E-state index contributed by atoms with van der Waals surface area (Å²) in [5.74, 6) is 0.719. The van der Waals surface area contributed by atoms with Crippen molar-refractivity contribution >= 4 is 27.5 Å². The predicted octanol–water partition coefficient (Wildman–Crippen LogP) is 3.50. The summed E-state index contributed by atoms with van der Waals surface area (Å²) >= 11 is 9.19. The van der Waals surface area contributed by atoms with Crippen molar-refractivity contribution in [1.29, 1.82) is 0 Å². The minimum absolute atomic E-state index is 0.627. The lowest BCUT2D eigenvalue weighted by Gasteiger charge is -2.06. The molecule has 1 aromatic rings. The molecule has 0 aliphatic heterocycles. The number of benzene rings is 1. The Bertz CT molecular complexity index is 230. The van der Waals surface area contributed by atoms with Gasteiger partial charge in [-0.3, -0.25) is 0 Å². The van der Waals surface area contributed by atoms with Crippen LogP contribution in [-0.4, -0.2) is 6.61 Å². The van der Waals surface area contributed by atoms with Gasteiger partial charge in [-0.15, -0.1) is 0 Å². The predicted molar refractivity (Wildman–Crippen MR) is 50.3 cm³/mol. The zero-order chi connectivity index (χ0) is 8.27. The molecule has 0 heterocycles. The van der Waals surface area contributed by atoms with Crippen molar-refractivity contribution in [1.82, 2.24) is 0 Å². The largest absolute Gasteiger partial charge is 0.491 e. The Kier molecular flexibility index (Phi) is 3.21. The Morgan fingerprint density at radius 1 is 1.55 bits per heavy atom. The number of para-hydroxylation sites is 1. The van der Waals surface area contributed by atoms with Crippen molar-refractivity contribution in [3.8, 4) is 5.75 Å². The number of rotatable bonds is 2. The van der Waals surface area contributed by atoms with Gasteiger partial charge in [-0.05, 0) is 35.0 Å². The lowest BCUT2D eigenvalue weighted by atomic mass is 10.3. The van der Waals surface area contributed by atoms with Crippen molar-refractivity contribution < 1.29 is 4.74 Å². The maximum absolute atomic E-state index is 5.85. The van der Waals surface area contributed by atoms with Crippen LogP contribution >= 0.6 is 27.5 Å². The van der Waals surface area contributed by atoms with E-state index in [0.717, 1.165) is 10.2 Å². The van der Waals surface area contributed by atoms with Gasteiger partial charge in [0.15, 0.2) is 5.75 Å². The molecule has 0 saturated carbocycles. The van der Waals surface area contributed by atoms with Crippen LogP contribution in [0, 0.1) is 0 Å². The van der Waals surface area contributed by atoms with Crippen molar-refractivity contribution in [2.24, 2.45) is 0 Å². The summed E-state index contributed by atoms with van der Waals surface area (Å²) in [4.78, 5) is 0. The topological polar surface area (TPSA) is 9.23 Å². The molecule has 11 heavy (non-hydrogen) atoms. The van der Waals surface area contributed by atoms with Gasteiger partial charge >= 0.3 is 0 Å². The highest BCUT2D eigenvalue weighted by atomic mass is 79.9. The average molecular weight is 236 g/mol. The van der Waals surface area contributed by atoms with Crippen LogP contribution in [-0.2, 0) is 0 Å². The third-order valence-corrected chi connectivity index (χ3v) is 2.13. The highest BCUT2D eigenvalue weighted by molar-refractivity contribution is 9.10. The molecule has 3 heteroatoms. The van der Waals surface area contributed by atoms with Crippen LogP contribution in [0.2, 0.25) is 5.02 Å². The first-order valence-electron chi connectivity index (χ1n) is 3.32. The van der Waals surface area contributed by atoms with Crippen LogP contribution in [0.15, 0.2) is 22.7 Å². The van der Waals surface area contributed by atoms with Gasteiger partial charge in [0, 0.05) is 0 Å². The Hall–Kier alpha value is -0.210. The molecule has 0 aliphatic carbocycles. The summed E-state index contributed by atoms with van der Waals surface area (Å²) in [7, 11) is 0. The second kappa shape index (κ2) is 3.98. The lowest BCUT2D eigenvalue weighted by Crippen LogP contribution is -1.92. The van der Waals surface area contributed by atoms with Gasteiger partial charge in [0.1, 0.15) is 0 Å². The highest BCUT2D eigenvalue weighted by Gasteiger charge is 2.03. The summed E-state index contributed by atoms with van der Waals surface area (Å²) in [6.07, 6.45) is 0. The van der Waals surface area contributed by atoms with E-state index in [4.69, 9.17) is 16.3 Å². The summed E-state index contributed by atoms with van der Waals surface area (Å²) in [5.41, 5.74) is 0. The molecule has 0 bridgehead atoms. The van der Waals surface area contributed by atoms with E-state index in [1.165, 1.54) is 0 Å². The van der Waals surface area contributed by atoms with Crippen LogP contribution < -0.4 is 4.74 Å². The van der Waals surface area contributed by atoms with Crippen LogP contribution in [0.25, 0.3) is 0 Å². The van der Waals surface area contributed by atoms with Crippen molar-refractivity contribution in [2.75, 3.05) is 6.61 Å². The van der Waals surface area contributed by atoms with E-state index in [-0.39, 0.29) is 0 Å². The van der Waals surface area contributed by atoms with E-state index < -0.39 is 0 Å². The molecule has 0 atom stereocenters. The molecule has 0 unspecified atom stereocenters. The standard InChI is InChI=1S/C8H8BrClO/c1-2-11-8-6(9)4-3-5-7(8)10/h3-5H,2H2,1H3. The molecule has 0 radical (unpaired) electrons. The van der Waals surface area contributed by atoms with Gasteiger partial charge in [-0.25, -0.2) is 0 Å². The Morgan fingerprint density at radius 2 is 2.27 bits per heavy atom. The second-order valence-electron chi connectivity index (χ2n) is 1.98. The number of hydrogen-bond donors (Lipinski definition) is 0. The number of halogens is 2. The molecule has 0 spiro atoms. The molecule has 0 aromatic heterocycles. The fraction of sp³-hybridized carbons (Fsp3) is 0.250. The van der Waals surface area contributed by atoms with Crippen LogP contribution in [0.1, 0.15) is 6.92 Å². The second-order valence-corrected chi connectivity index (χ2v) is 3.25. The third-order valence-electron chi connectivity index (χ3n) is 1.21. The van der Waals surface area contributed by atoms with Crippen molar-refractivity contribution in [2.45, 2.75) is 6.92 Å². The van der Waals surface area contributed by atoms with E-state index in [1.807, 2.05) is 19.1 Å². The van der Waals surface area contributed by atoms with Crippen LogP contribution in [0.5, 0.6) is 5.75 Å². The molecule has 1 nitrogen and oxygen atoms in total. The molecule has 0 fully saturated rings. The molecule has 60 valence electrons. The van der Waals surface area contributed by atoms with Crippen LogP contribution in [0.3, 0.4) is 0 Å². The molecule has 0 amide bonds. The number of ether oxygens (including phenoxy) is 1. The van der Waals surface area contributed by atoms with Crippen molar-refractivity contribution in [3.63, 3.8) is 0 Å². The first kappa shape index (κ1) is 8.88. The molecular weight excluding hydrogens is 227 g/mol. The Balaban J connectivity index is 3.00. The van der Waals surface area contributed by atoms with E-state index >= 15 is 0 Å². The van der Waals surface area contributed by atoms with Crippen molar-refractivity contribution in [3.05, 3.63) is 27.7 Å². The molecular formula is C8H8BrClO. The fourth-order valence-electron chi connectivity index (χ4n) is 0.765. The van der Waals surface area contributed by atoms with Gasteiger partial charge in [0.2, 0.25) is 0 Å². The Labute approximate surface area is 79.4 Å². The van der Waals surface area contributed by atoms with E-state index in [1.54, 1.807) is 6.07 Å². The average Bonchev–Trinajstić information content (AvgIpc) is 1.97. The summed E-state index contributed by atoms with van der Waals surface area (Å²) in [6.45, 7) is 2.55. The summed E-state index contributed by atoms with van der Waals surface area (Å²) in [5, 5.41) is 0.640. The van der Waals surface area contributed by atoms with Crippen LogP contribution in [0.4, 0.5) is 0 Å². The summed E-state index contributed by atoms with van der Waals surface area (Å²) < 4.78 is 6.18. The SMILES string of the molecule is CCOc1c(Cl)cccc1Br. The van der Waals surface area contributed by atoms with E-state index in [9.17, 15) is 0 Å². The Morgan fingerprint density at radius 3 is 2.82 bits per heavy atom. The van der Waals surface area contributed by atoms with E-state index in [2.05, 4.69) is 15.9 Å². The molecule has 0 N–H and O–H groups in total. The monoisotopic (exact) mass is 234 g/mol. The van der Waals surface area contributed by atoms with Gasteiger partial charge < -0.3 is 4.74 Å². The maximum atomic E-state index is 5.85. The fourth-order valence-corrected chi connectivity index (χ4v) is 1.59. The quantitative estimate of drug-likeness (QED) is 0.762. The molecule has 1 rings (SSSR count). The molecule has 0 aliphatic rings. The minimum atomic E-state index is 0.627. The summed E-state index contributed by atoms with van der Waals surface area (Å²) in [6, 6.07) is 5.57. The minimum Gasteiger partial charge on any atom is -0.491 e. The zero-order valence-corrected chi connectivity index (χ0v) is 8.45. The van der Waals surface area contributed by atoms with E-state index in [0.29, 0.717) is 11.6 Å². The van der Waals surface area contributed by atoms with Gasteiger partial charge in [-0.1, -0.05) is 17.7 Å².